The third-order valence-electron chi connectivity index (χ3n) is 4.74. The minimum atomic E-state index is 0.0488. The smallest absolute Gasteiger partial charge is 0.140 e. The molecule has 0 aliphatic heterocycles. The molecule has 1 aliphatic rings. The second-order valence-corrected chi connectivity index (χ2v) is 6.19. The van der Waals surface area contributed by atoms with Crippen LogP contribution in [0.2, 0.25) is 0 Å². The van der Waals surface area contributed by atoms with E-state index < -0.39 is 0 Å². The fourth-order valence-corrected chi connectivity index (χ4v) is 3.44. The van der Waals surface area contributed by atoms with Crippen LogP contribution in [0.5, 0.6) is 0 Å². The van der Waals surface area contributed by atoms with Crippen LogP contribution in [0.3, 0.4) is 0 Å². The molecule has 114 valence electrons. The van der Waals surface area contributed by atoms with E-state index in [1.54, 1.807) is 0 Å². The molecule has 1 saturated carbocycles. The van der Waals surface area contributed by atoms with Crippen molar-refractivity contribution in [3.8, 4) is 0 Å². The normalized spacial score (nSPS) is 20.4. The number of aliphatic hydroxyl groups excluding tert-OH is 1. The minimum absolute atomic E-state index is 0.0488. The van der Waals surface area contributed by atoms with E-state index in [0.29, 0.717) is 11.8 Å². The summed E-state index contributed by atoms with van der Waals surface area (Å²) in [4.78, 5) is 9.25. The Hall–Kier alpha value is -2.66. The molecule has 5 nitrogen and oxygen atoms in total. The number of hydrogen-bond donors (Lipinski definition) is 1. The monoisotopic (exact) mass is 304 g/mol. The molecule has 0 bridgehead atoms. The lowest BCUT2D eigenvalue weighted by Crippen LogP contribution is -1.88. The first kappa shape index (κ1) is 12.8. The van der Waals surface area contributed by atoms with Crippen molar-refractivity contribution in [2.24, 2.45) is 0 Å². The maximum Gasteiger partial charge on any atom is 0.140 e. The zero-order valence-corrected chi connectivity index (χ0v) is 12.5. The van der Waals surface area contributed by atoms with Crippen molar-refractivity contribution in [1.29, 1.82) is 0 Å². The molecule has 4 aromatic heterocycles. The first-order valence-electron chi connectivity index (χ1n) is 7.83. The lowest BCUT2D eigenvalue weighted by Gasteiger charge is -1.97. The molecule has 2 atom stereocenters. The van der Waals surface area contributed by atoms with Crippen molar-refractivity contribution in [2.45, 2.75) is 24.9 Å². The molecule has 1 N–H and O–H groups in total. The van der Waals surface area contributed by atoms with Crippen molar-refractivity contribution in [3.05, 3.63) is 72.1 Å². The van der Waals surface area contributed by atoms with Gasteiger partial charge in [-0.3, -0.25) is 0 Å². The Morgan fingerprint density at radius 1 is 1.13 bits per heavy atom. The highest BCUT2D eigenvalue weighted by atomic mass is 16.3. The zero-order chi connectivity index (χ0) is 15.4. The fraction of sp³-hybridized carbons (Fsp3) is 0.222. The molecule has 4 heterocycles. The van der Waals surface area contributed by atoms with Crippen LogP contribution in [0.4, 0.5) is 0 Å². The largest absolute Gasteiger partial charge is 0.392 e. The summed E-state index contributed by atoms with van der Waals surface area (Å²) >= 11 is 0. The van der Waals surface area contributed by atoms with Gasteiger partial charge in [-0.15, -0.1) is 0 Å². The maximum atomic E-state index is 9.25. The summed E-state index contributed by atoms with van der Waals surface area (Å²) in [5, 5.41) is 9.25. The number of aliphatic hydroxyl groups is 1. The van der Waals surface area contributed by atoms with Crippen LogP contribution in [0.25, 0.3) is 11.3 Å². The minimum Gasteiger partial charge on any atom is -0.392 e. The standard InChI is InChI=1S/C18H16N4O/c23-11-12-2-6-22-10-16(20-17(22)8-12)15-9-14(15)13-3-7-21-5-1-4-19-18(13)21/h1-8,10,14-15,23H,9,11H2. The van der Waals surface area contributed by atoms with Crippen molar-refractivity contribution in [2.75, 3.05) is 0 Å². The summed E-state index contributed by atoms with van der Waals surface area (Å²) in [5.74, 6) is 0.956. The molecule has 4 aromatic rings. The molecule has 0 aromatic carbocycles. The van der Waals surface area contributed by atoms with Gasteiger partial charge >= 0.3 is 0 Å². The number of hydrogen-bond acceptors (Lipinski definition) is 3. The van der Waals surface area contributed by atoms with Crippen LogP contribution < -0.4 is 0 Å². The van der Waals surface area contributed by atoms with Crippen molar-refractivity contribution in [3.63, 3.8) is 0 Å². The Morgan fingerprint density at radius 3 is 2.96 bits per heavy atom. The molecule has 0 radical (unpaired) electrons. The Kier molecular flexibility index (Phi) is 2.60. The van der Waals surface area contributed by atoms with E-state index in [1.165, 1.54) is 5.56 Å². The molecule has 0 amide bonds. The SMILES string of the molecule is OCc1ccn2cc(C3CC3c3ccn4cccnc34)nc2c1. The second kappa shape index (κ2) is 4.67. The molecule has 23 heavy (non-hydrogen) atoms. The molecule has 0 spiro atoms. The highest BCUT2D eigenvalue weighted by Crippen LogP contribution is 2.55. The fourth-order valence-electron chi connectivity index (χ4n) is 3.44. The molecule has 1 aliphatic carbocycles. The maximum absolute atomic E-state index is 9.25. The number of rotatable bonds is 3. The second-order valence-electron chi connectivity index (χ2n) is 6.19. The van der Waals surface area contributed by atoms with Gasteiger partial charge in [0.25, 0.3) is 0 Å². The highest BCUT2D eigenvalue weighted by molar-refractivity contribution is 5.55. The lowest BCUT2D eigenvalue weighted by molar-refractivity contribution is 0.282. The van der Waals surface area contributed by atoms with Crippen molar-refractivity contribution < 1.29 is 5.11 Å². The average Bonchev–Trinajstić information content (AvgIpc) is 3.08. The van der Waals surface area contributed by atoms with Crippen LogP contribution in [-0.4, -0.2) is 23.9 Å². The van der Waals surface area contributed by atoms with Gasteiger partial charge in [0.15, 0.2) is 0 Å². The lowest BCUT2D eigenvalue weighted by atomic mass is 10.1. The zero-order valence-electron chi connectivity index (χ0n) is 12.5. The Morgan fingerprint density at radius 2 is 2.04 bits per heavy atom. The molecule has 5 heteroatoms. The van der Waals surface area contributed by atoms with E-state index in [2.05, 4.69) is 27.8 Å². The predicted molar refractivity (Wildman–Crippen MR) is 86.4 cm³/mol. The summed E-state index contributed by atoms with van der Waals surface area (Å²) in [6, 6.07) is 7.99. The summed E-state index contributed by atoms with van der Waals surface area (Å²) in [6.45, 7) is 0.0488. The number of fused-ring (bicyclic) bond motifs is 2. The van der Waals surface area contributed by atoms with Crippen LogP contribution in [0.15, 0.2) is 55.2 Å². The molecule has 2 unspecified atom stereocenters. The summed E-state index contributed by atoms with van der Waals surface area (Å²) in [6.07, 6.45) is 11.1. The van der Waals surface area contributed by atoms with Gasteiger partial charge in [-0.2, -0.15) is 0 Å². The van der Waals surface area contributed by atoms with E-state index >= 15 is 0 Å². The van der Waals surface area contributed by atoms with Crippen LogP contribution in [0.1, 0.15) is 35.1 Å². The Bertz CT molecular complexity index is 1020. The molecule has 5 rings (SSSR count). The molecule has 0 saturated heterocycles. The number of nitrogens with zero attached hydrogens (tertiary/aromatic N) is 4. The van der Waals surface area contributed by atoms with E-state index in [4.69, 9.17) is 4.98 Å². The first-order valence-corrected chi connectivity index (χ1v) is 7.83. The number of aromatic nitrogens is 4. The summed E-state index contributed by atoms with van der Waals surface area (Å²) < 4.78 is 4.10. The van der Waals surface area contributed by atoms with Crippen LogP contribution >= 0.6 is 0 Å². The Labute approximate surface area is 132 Å². The van der Waals surface area contributed by atoms with Crippen LogP contribution in [-0.2, 0) is 6.61 Å². The highest BCUT2D eigenvalue weighted by Gasteiger charge is 2.42. The first-order chi connectivity index (χ1) is 11.3. The third-order valence-corrected chi connectivity index (χ3v) is 4.74. The van der Waals surface area contributed by atoms with Crippen molar-refractivity contribution >= 4 is 11.3 Å². The van der Waals surface area contributed by atoms with E-state index in [0.717, 1.165) is 29.0 Å². The summed E-state index contributed by atoms with van der Waals surface area (Å²) in [7, 11) is 0. The van der Waals surface area contributed by atoms with Crippen molar-refractivity contribution in [1.82, 2.24) is 18.8 Å². The van der Waals surface area contributed by atoms with Gasteiger partial charge in [-0.25, -0.2) is 9.97 Å². The van der Waals surface area contributed by atoms with Gasteiger partial charge in [-0.1, -0.05) is 0 Å². The number of imidazole rings is 1. The Balaban J connectivity index is 1.50. The van der Waals surface area contributed by atoms with E-state index in [9.17, 15) is 5.11 Å². The van der Waals surface area contributed by atoms with E-state index in [-0.39, 0.29) is 6.61 Å². The van der Waals surface area contributed by atoms with Gasteiger partial charge in [0, 0.05) is 42.5 Å². The number of pyridine rings is 1. The molecular weight excluding hydrogens is 288 g/mol. The van der Waals surface area contributed by atoms with Gasteiger partial charge in [0.2, 0.25) is 0 Å². The van der Waals surface area contributed by atoms with Gasteiger partial charge in [0.1, 0.15) is 11.3 Å². The third kappa shape index (κ3) is 1.97. The molecule has 1 fully saturated rings. The summed E-state index contributed by atoms with van der Waals surface area (Å²) in [5.41, 5.74) is 5.28. The van der Waals surface area contributed by atoms with Crippen LogP contribution in [0, 0.1) is 0 Å². The van der Waals surface area contributed by atoms with Gasteiger partial charge in [-0.05, 0) is 42.2 Å². The topological polar surface area (TPSA) is 54.8 Å². The predicted octanol–water partition coefficient (Wildman–Crippen LogP) is 2.75. The van der Waals surface area contributed by atoms with Gasteiger partial charge < -0.3 is 13.9 Å². The van der Waals surface area contributed by atoms with Gasteiger partial charge in [0.05, 0.1) is 12.3 Å². The molecular formula is C18H16N4O. The average molecular weight is 304 g/mol. The quantitative estimate of drug-likeness (QED) is 0.633. The van der Waals surface area contributed by atoms with E-state index in [1.807, 2.05) is 41.2 Å².